The highest BCUT2D eigenvalue weighted by atomic mass is 32.2. The number of rotatable bonds is 6. The summed E-state index contributed by atoms with van der Waals surface area (Å²) in [6.45, 7) is 1.46. The van der Waals surface area contributed by atoms with Gasteiger partial charge in [-0.15, -0.1) is 11.3 Å². The van der Waals surface area contributed by atoms with E-state index in [2.05, 4.69) is 5.32 Å². The molecule has 1 heterocycles. The maximum atomic E-state index is 13.6. The van der Waals surface area contributed by atoms with Gasteiger partial charge in [0.1, 0.15) is 5.82 Å². The molecule has 1 N–H and O–H groups in total. The van der Waals surface area contributed by atoms with Gasteiger partial charge < -0.3 is 5.32 Å². The molecule has 0 fully saturated rings. The van der Waals surface area contributed by atoms with Crippen LogP contribution >= 0.6 is 11.3 Å². The summed E-state index contributed by atoms with van der Waals surface area (Å²) >= 11 is 1.58. The molecular weight excluding hydrogens is 281 g/mol. The van der Waals surface area contributed by atoms with E-state index in [1.54, 1.807) is 29.7 Å². The van der Waals surface area contributed by atoms with Gasteiger partial charge in [0.15, 0.2) is 0 Å². The fourth-order valence-corrected chi connectivity index (χ4v) is 3.14. The largest absolute Gasteiger partial charge is 0.311 e. The van der Waals surface area contributed by atoms with Crippen molar-refractivity contribution in [3.8, 4) is 10.4 Å². The van der Waals surface area contributed by atoms with Gasteiger partial charge in [0, 0.05) is 51.2 Å². The van der Waals surface area contributed by atoms with Crippen LogP contribution in [0.5, 0.6) is 0 Å². The van der Waals surface area contributed by atoms with Gasteiger partial charge in [0.25, 0.3) is 0 Å². The van der Waals surface area contributed by atoms with E-state index in [9.17, 15) is 8.60 Å². The average Bonchev–Trinajstić information content (AvgIpc) is 2.83. The van der Waals surface area contributed by atoms with Gasteiger partial charge in [-0.05, 0) is 18.2 Å². The van der Waals surface area contributed by atoms with Crippen LogP contribution in [0.2, 0.25) is 0 Å². The summed E-state index contributed by atoms with van der Waals surface area (Å²) in [5.41, 5.74) is 0.647. The van der Waals surface area contributed by atoms with E-state index in [0.29, 0.717) is 11.3 Å². The Bertz CT molecular complexity index is 568. The molecule has 0 saturated carbocycles. The van der Waals surface area contributed by atoms with E-state index in [1.165, 1.54) is 6.07 Å². The van der Waals surface area contributed by atoms with Crippen molar-refractivity contribution in [2.75, 3.05) is 18.6 Å². The molecule has 0 unspecified atom stereocenters. The molecular formula is C14H16FNOS2. The number of thiophene rings is 1. The van der Waals surface area contributed by atoms with Crippen LogP contribution in [-0.2, 0) is 17.3 Å². The lowest BCUT2D eigenvalue weighted by Gasteiger charge is -2.01. The molecule has 0 amide bonds. The predicted octanol–water partition coefficient (Wildman–Crippen LogP) is 3.02. The molecule has 2 rings (SSSR count). The quantitative estimate of drug-likeness (QED) is 0.830. The molecule has 0 aliphatic rings. The molecule has 1 atom stereocenters. The van der Waals surface area contributed by atoms with Crippen LogP contribution in [0.4, 0.5) is 4.39 Å². The van der Waals surface area contributed by atoms with Gasteiger partial charge in [-0.1, -0.05) is 18.2 Å². The van der Waals surface area contributed by atoms with E-state index in [0.717, 1.165) is 22.8 Å². The number of halogens is 1. The van der Waals surface area contributed by atoms with Gasteiger partial charge in [-0.2, -0.15) is 0 Å². The van der Waals surface area contributed by atoms with Crippen molar-refractivity contribution < 1.29 is 8.60 Å². The minimum atomic E-state index is -0.760. The standard InChI is InChI=1S/C14H16FNOS2/c1-19(17)9-8-16-10-11-6-7-14(18-11)12-4-2-3-5-13(12)15/h2-7,16H,8-10H2,1H3/t19-/m0/s1. The van der Waals surface area contributed by atoms with Gasteiger partial charge in [0.05, 0.1) is 0 Å². The first-order chi connectivity index (χ1) is 9.16. The lowest BCUT2D eigenvalue weighted by atomic mass is 10.2. The summed E-state index contributed by atoms with van der Waals surface area (Å²) in [6.07, 6.45) is 1.70. The van der Waals surface area contributed by atoms with Crippen LogP contribution in [0.1, 0.15) is 4.88 Å². The Morgan fingerprint density at radius 3 is 2.79 bits per heavy atom. The Labute approximate surface area is 119 Å². The molecule has 19 heavy (non-hydrogen) atoms. The SMILES string of the molecule is C[S@](=O)CCNCc1ccc(-c2ccccc2F)s1. The Morgan fingerprint density at radius 1 is 1.26 bits per heavy atom. The van der Waals surface area contributed by atoms with E-state index >= 15 is 0 Å². The second-order valence-corrected chi connectivity index (χ2v) is 6.92. The van der Waals surface area contributed by atoms with Crippen molar-refractivity contribution in [1.29, 1.82) is 0 Å². The van der Waals surface area contributed by atoms with Crippen LogP contribution in [0.15, 0.2) is 36.4 Å². The molecule has 5 heteroatoms. The Kier molecular flexibility index (Phi) is 5.24. The van der Waals surface area contributed by atoms with Crippen molar-refractivity contribution in [2.24, 2.45) is 0 Å². The van der Waals surface area contributed by atoms with Crippen molar-refractivity contribution >= 4 is 22.1 Å². The maximum Gasteiger partial charge on any atom is 0.131 e. The molecule has 2 nitrogen and oxygen atoms in total. The smallest absolute Gasteiger partial charge is 0.131 e. The number of hydrogen-bond donors (Lipinski definition) is 1. The fourth-order valence-electron chi connectivity index (χ4n) is 1.71. The van der Waals surface area contributed by atoms with Crippen molar-refractivity contribution in [1.82, 2.24) is 5.32 Å². The topological polar surface area (TPSA) is 29.1 Å². The fraction of sp³-hybridized carbons (Fsp3) is 0.286. The Hall–Kier alpha value is -1.04. The van der Waals surface area contributed by atoms with Crippen LogP contribution in [0, 0.1) is 5.82 Å². The molecule has 0 spiro atoms. The molecule has 2 aromatic rings. The Balaban J connectivity index is 1.96. The second kappa shape index (κ2) is 6.93. The monoisotopic (exact) mass is 297 g/mol. The van der Waals surface area contributed by atoms with Gasteiger partial charge in [-0.3, -0.25) is 4.21 Å². The third-order valence-electron chi connectivity index (χ3n) is 2.67. The molecule has 0 radical (unpaired) electrons. The summed E-state index contributed by atoms with van der Waals surface area (Å²) in [4.78, 5) is 2.09. The lowest BCUT2D eigenvalue weighted by Crippen LogP contribution is -2.18. The van der Waals surface area contributed by atoms with Crippen LogP contribution in [0.25, 0.3) is 10.4 Å². The van der Waals surface area contributed by atoms with E-state index in [1.807, 2.05) is 18.2 Å². The lowest BCUT2D eigenvalue weighted by molar-refractivity contribution is 0.631. The summed E-state index contributed by atoms with van der Waals surface area (Å²) in [5.74, 6) is 0.469. The predicted molar refractivity (Wildman–Crippen MR) is 80.4 cm³/mol. The zero-order chi connectivity index (χ0) is 13.7. The molecule has 0 aliphatic carbocycles. The number of benzene rings is 1. The van der Waals surface area contributed by atoms with E-state index < -0.39 is 10.8 Å². The third-order valence-corrected chi connectivity index (χ3v) is 4.56. The first-order valence-electron chi connectivity index (χ1n) is 6.01. The minimum absolute atomic E-state index is 0.190. The summed E-state index contributed by atoms with van der Waals surface area (Å²) in [5, 5.41) is 3.24. The average molecular weight is 297 g/mol. The normalized spacial score (nSPS) is 12.5. The van der Waals surface area contributed by atoms with Gasteiger partial charge >= 0.3 is 0 Å². The zero-order valence-electron chi connectivity index (χ0n) is 10.7. The van der Waals surface area contributed by atoms with E-state index in [4.69, 9.17) is 0 Å². The van der Waals surface area contributed by atoms with Crippen molar-refractivity contribution in [3.63, 3.8) is 0 Å². The summed E-state index contributed by atoms with van der Waals surface area (Å²) < 4.78 is 24.6. The highest BCUT2D eigenvalue weighted by Gasteiger charge is 2.07. The van der Waals surface area contributed by atoms with Crippen LogP contribution < -0.4 is 5.32 Å². The van der Waals surface area contributed by atoms with E-state index in [-0.39, 0.29) is 5.82 Å². The highest BCUT2D eigenvalue weighted by molar-refractivity contribution is 7.84. The highest BCUT2D eigenvalue weighted by Crippen LogP contribution is 2.29. The first kappa shape index (κ1) is 14.4. The summed E-state index contributed by atoms with van der Waals surface area (Å²) in [6, 6.07) is 10.7. The molecule has 102 valence electrons. The molecule has 0 bridgehead atoms. The van der Waals surface area contributed by atoms with Crippen LogP contribution in [-0.4, -0.2) is 22.8 Å². The molecule has 0 aliphatic heterocycles. The minimum Gasteiger partial charge on any atom is -0.311 e. The maximum absolute atomic E-state index is 13.6. The van der Waals surface area contributed by atoms with Gasteiger partial charge in [-0.25, -0.2) is 4.39 Å². The zero-order valence-corrected chi connectivity index (χ0v) is 12.3. The first-order valence-corrected chi connectivity index (χ1v) is 8.55. The van der Waals surface area contributed by atoms with Gasteiger partial charge in [0.2, 0.25) is 0 Å². The Morgan fingerprint density at radius 2 is 2.05 bits per heavy atom. The molecule has 1 aromatic carbocycles. The van der Waals surface area contributed by atoms with Crippen LogP contribution in [0.3, 0.4) is 0 Å². The third kappa shape index (κ3) is 4.23. The summed E-state index contributed by atoms with van der Waals surface area (Å²) in [7, 11) is -0.760. The molecule has 1 aromatic heterocycles. The number of hydrogen-bond acceptors (Lipinski definition) is 3. The second-order valence-electron chi connectivity index (χ2n) is 4.20. The van der Waals surface area contributed by atoms with Crippen molar-refractivity contribution in [2.45, 2.75) is 6.54 Å². The molecule has 0 saturated heterocycles. The number of nitrogens with one attached hydrogen (secondary N) is 1. The van der Waals surface area contributed by atoms with Crippen molar-refractivity contribution in [3.05, 3.63) is 47.1 Å².